The maximum atomic E-state index is 10.8. The summed E-state index contributed by atoms with van der Waals surface area (Å²) >= 11 is 0. The van der Waals surface area contributed by atoms with Crippen molar-refractivity contribution in [1.29, 1.82) is 0 Å². The van der Waals surface area contributed by atoms with Crippen LogP contribution in [0.1, 0.15) is 58.3 Å². The van der Waals surface area contributed by atoms with Gasteiger partial charge in [0, 0.05) is 6.92 Å². The molecule has 3 aromatic carbocycles. The molecule has 0 unspecified atom stereocenters. The zero-order valence-electron chi connectivity index (χ0n) is 20.0. The Morgan fingerprint density at radius 1 is 0.576 bits per heavy atom. The second-order valence-corrected chi connectivity index (χ2v) is 12.3. The molecule has 0 aliphatic carbocycles. The molecule has 0 aromatic heterocycles. The van der Waals surface area contributed by atoms with Crippen molar-refractivity contribution in [2.45, 2.75) is 58.3 Å². The number of rotatable bonds is 14. The lowest BCUT2D eigenvalue weighted by Crippen LogP contribution is -2.33. The van der Waals surface area contributed by atoms with E-state index in [2.05, 4.69) is 91.0 Å². The summed E-state index contributed by atoms with van der Waals surface area (Å²) in [5, 5.41) is 4.44. The number of carbonyl (C=O) groups excluding carboxylic acids is 1. The van der Waals surface area contributed by atoms with E-state index >= 15 is 0 Å². The van der Waals surface area contributed by atoms with E-state index in [-0.39, 0.29) is 5.97 Å². The molecule has 0 fully saturated rings. The quantitative estimate of drug-likeness (QED) is 0.152. The molecule has 0 bridgehead atoms. The highest BCUT2D eigenvalue weighted by Crippen LogP contribution is 2.55. The van der Waals surface area contributed by atoms with Crippen LogP contribution in [0.5, 0.6) is 0 Å². The number of carbonyl (C=O) groups is 1. The van der Waals surface area contributed by atoms with Gasteiger partial charge in [0.2, 0.25) is 0 Å². The highest BCUT2D eigenvalue weighted by atomic mass is 31.2. The van der Waals surface area contributed by atoms with Crippen LogP contribution < -0.4 is 15.9 Å². The van der Waals surface area contributed by atoms with Gasteiger partial charge in [-0.25, -0.2) is 0 Å². The SMILES string of the molecule is CC(=O)OCCCCCCCCCC[P+](c1ccccc1)(c1ccccc1)c1ccccc1. The molecule has 0 saturated heterocycles. The monoisotopic (exact) mass is 461 g/mol. The van der Waals surface area contributed by atoms with Crippen LogP contribution in [0.15, 0.2) is 91.0 Å². The van der Waals surface area contributed by atoms with Crippen LogP contribution in [0.25, 0.3) is 0 Å². The summed E-state index contributed by atoms with van der Waals surface area (Å²) < 4.78 is 5.01. The molecule has 3 heteroatoms. The molecule has 0 amide bonds. The molecule has 3 aromatic rings. The minimum Gasteiger partial charge on any atom is -0.466 e. The largest absolute Gasteiger partial charge is 0.466 e. The molecular weight excluding hydrogens is 423 g/mol. The van der Waals surface area contributed by atoms with Gasteiger partial charge in [-0.05, 0) is 55.7 Å². The van der Waals surface area contributed by atoms with Crippen LogP contribution in [0.2, 0.25) is 0 Å². The molecular formula is C30H38O2P+. The van der Waals surface area contributed by atoms with Gasteiger partial charge in [-0.3, -0.25) is 4.79 Å². The first-order valence-corrected chi connectivity index (χ1v) is 14.4. The molecule has 3 rings (SSSR count). The minimum absolute atomic E-state index is 0.171. The smallest absolute Gasteiger partial charge is 0.302 e. The third kappa shape index (κ3) is 7.54. The van der Waals surface area contributed by atoms with E-state index in [1.165, 1.54) is 67.5 Å². The number of esters is 1. The third-order valence-electron chi connectivity index (χ3n) is 6.28. The summed E-state index contributed by atoms with van der Waals surface area (Å²) in [5.74, 6) is -0.171. The van der Waals surface area contributed by atoms with Crippen LogP contribution in [0.3, 0.4) is 0 Å². The molecule has 0 saturated carbocycles. The molecule has 0 aliphatic heterocycles. The number of benzene rings is 3. The predicted molar refractivity (Wildman–Crippen MR) is 144 cm³/mol. The Bertz CT molecular complexity index is 829. The molecule has 0 aliphatic rings. The van der Waals surface area contributed by atoms with Crippen molar-refractivity contribution in [1.82, 2.24) is 0 Å². The summed E-state index contributed by atoms with van der Waals surface area (Å²) in [6, 6.07) is 33.5. The Balaban J connectivity index is 1.60. The van der Waals surface area contributed by atoms with E-state index < -0.39 is 7.26 Å². The van der Waals surface area contributed by atoms with Crippen LogP contribution >= 0.6 is 7.26 Å². The third-order valence-corrected chi connectivity index (χ3v) is 10.8. The second-order valence-electron chi connectivity index (χ2n) is 8.71. The lowest BCUT2D eigenvalue weighted by atomic mass is 10.1. The zero-order valence-corrected chi connectivity index (χ0v) is 20.9. The summed E-state index contributed by atoms with van der Waals surface area (Å²) in [6.45, 7) is 2.05. The molecule has 33 heavy (non-hydrogen) atoms. The summed E-state index contributed by atoms with van der Waals surface area (Å²) in [5.41, 5.74) is 0. The van der Waals surface area contributed by atoms with Gasteiger partial charge in [0.25, 0.3) is 0 Å². The van der Waals surface area contributed by atoms with E-state index in [0.29, 0.717) is 6.61 Å². The standard InChI is InChI=1S/C30H38O2P/c1-27(31)32-25-17-6-4-2-3-5-7-18-26-33(28-19-11-8-12-20-28,29-21-13-9-14-22-29)30-23-15-10-16-24-30/h8-16,19-24H,2-7,17-18,25-26H2,1H3/q+1. The van der Waals surface area contributed by atoms with Crippen LogP contribution in [0, 0.1) is 0 Å². The van der Waals surface area contributed by atoms with E-state index in [1.54, 1.807) is 0 Å². The number of hydrogen-bond acceptors (Lipinski definition) is 2. The topological polar surface area (TPSA) is 26.3 Å². The Kier molecular flexibility index (Phi) is 10.7. The van der Waals surface area contributed by atoms with Gasteiger partial charge in [-0.2, -0.15) is 0 Å². The van der Waals surface area contributed by atoms with Gasteiger partial charge in [-0.1, -0.05) is 86.7 Å². The fraction of sp³-hybridized carbons (Fsp3) is 0.367. The zero-order chi connectivity index (χ0) is 23.2. The Labute approximate surface area is 200 Å². The Morgan fingerprint density at radius 2 is 0.939 bits per heavy atom. The number of hydrogen-bond donors (Lipinski definition) is 0. The fourth-order valence-corrected chi connectivity index (χ4v) is 9.02. The second kappa shape index (κ2) is 14.0. The normalized spacial score (nSPS) is 11.3. The maximum Gasteiger partial charge on any atom is 0.302 e. The van der Waals surface area contributed by atoms with E-state index in [9.17, 15) is 4.79 Å². The molecule has 2 nitrogen and oxygen atoms in total. The molecule has 0 heterocycles. The summed E-state index contributed by atoms with van der Waals surface area (Å²) in [4.78, 5) is 10.8. The summed E-state index contributed by atoms with van der Waals surface area (Å²) in [6.07, 6.45) is 11.0. The van der Waals surface area contributed by atoms with E-state index in [0.717, 1.165) is 12.8 Å². The molecule has 174 valence electrons. The van der Waals surface area contributed by atoms with Crippen LogP contribution in [0.4, 0.5) is 0 Å². The predicted octanol–water partition coefficient (Wildman–Crippen LogP) is 6.66. The van der Waals surface area contributed by atoms with Crippen LogP contribution in [-0.2, 0) is 9.53 Å². The number of ether oxygens (including phenoxy) is 1. The van der Waals surface area contributed by atoms with Gasteiger partial charge >= 0.3 is 5.97 Å². The van der Waals surface area contributed by atoms with Gasteiger partial charge in [0.15, 0.2) is 0 Å². The first-order valence-electron chi connectivity index (χ1n) is 12.4. The first kappa shape index (κ1) is 25.2. The van der Waals surface area contributed by atoms with Crippen molar-refractivity contribution in [2.24, 2.45) is 0 Å². The summed E-state index contributed by atoms with van der Waals surface area (Å²) in [7, 11) is -1.68. The lowest BCUT2D eigenvalue weighted by molar-refractivity contribution is -0.141. The van der Waals surface area contributed by atoms with Crippen molar-refractivity contribution < 1.29 is 9.53 Å². The molecule has 0 spiro atoms. The van der Waals surface area contributed by atoms with E-state index in [1.807, 2.05) is 0 Å². The highest BCUT2D eigenvalue weighted by molar-refractivity contribution is 7.95. The van der Waals surface area contributed by atoms with Crippen molar-refractivity contribution in [2.75, 3.05) is 12.8 Å². The van der Waals surface area contributed by atoms with Crippen molar-refractivity contribution in [3.05, 3.63) is 91.0 Å². The Morgan fingerprint density at radius 3 is 1.33 bits per heavy atom. The number of unbranched alkanes of at least 4 members (excludes halogenated alkanes) is 7. The van der Waals surface area contributed by atoms with Crippen LogP contribution in [-0.4, -0.2) is 18.7 Å². The Hall–Kier alpha value is -2.44. The van der Waals surface area contributed by atoms with Gasteiger partial charge in [0.1, 0.15) is 23.2 Å². The van der Waals surface area contributed by atoms with Crippen molar-refractivity contribution in [3.63, 3.8) is 0 Å². The fourth-order valence-electron chi connectivity index (χ4n) is 4.61. The minimum atomic E-state index is -1.68. The lowest BCUT2D eigenvalue weighted by Gasteiger charge is -2.27. The first-order chi connectivity index (χ1) is 16.2. The molecule has 0 atom stereocenters. The average Bonchev–Trinajstić information content (AvgIpc) is 2.86. The van der Waals surface area contributed by atoms with Gasteiger partial charge < -0.3 is 4.74 Å². The van der Waals surface area contributed by atoms with Crippen molar-refractivity contribution >= 4 is 29.1 Å². The van der Waals surface area contributed by atoms with Crippen molar-refractivity contribution in [3.8, 4) is 0 Å². The maximum absolute atomic E-state index is 10.8. The average molecular weight is 462 g/mol. The van der Waals surface area contributed by atoms with E-state index in [4.69, 9.17) is 4.74 Å². The van der Waals surface area contributed by atoms with Gasteiger partial charge in [0.05, 0.1) is 12.8 Å². The molecule has 0 radical (unpaired) electrons. The highest BCUT2D eigenvalue weighted by Gasteiger charge is 2.44. The van der Waals surface area contributed by atoms with Gasteiger partial charge in [-0.15, -0.1) is 0 Å². The molecule has 0 N–H and O–H groups in total.